The molecule has 1 atom stereocenters. The van der Waals surface area contributed by atoms with E-state index in [2.05, 4.69) is 36.7 Å². The lowest BCUT2D eigenvalue weighted by Gasteiger charge is -2.31. The van der Waals surface area contributed by atoms with Gasteiger partial charge in [-0.05, 0) is 26.2 Å². The molecule has 0 N–H and O–H groups in total. The Morgan fingerprint density at radius 2 is 1.19 bits per heavy atom. The second-order valence-electron chi connectivity index (χ2n) is 3.76. The monoisotopic (exact) mass is 312 g/mol. The topological polar surface area (TPSA) is 27.7 Å². The van der Waals surface area contributed by atoms with Crippen LogP contribution in [-0.2, 0) is 13.3 Å². The summed E-state index contributed by atoms with van der Waals surface area (Å²) in [5, 5.41) is 0. The zero-order valence-electron chi connectivity index (χ0n) is 10.9. The van der Waals surface area contributed by atoms with Crippen LogP contribution in [0.5, 0.6) is 0 Å². The Morgan fingerprint density at radius 3 is 1.38 bits per heavy atom. The quantitative estimate of drug-likeness (QED) is 0.456. The third kappa shape index (κ3) is 5.77. The lowest BCUT2D eigenvalue weighted by Crippen LogP contribution is -2.53. The van der Waals surface area contributed by atoms with E-state index in [-0.39, 0.29) is 4.45 Å². The van der Waals surface area contributed by atoms with Crippen LogP contribution >= 0.6 is 15.9 Å². The van der Waals surface area contributed by atoms with Crippen molar-refractivity contribution < 1.29 is 13.3 Å². The fourth-order valence-electron chi connectivity index (χ4n) is 1.20. The van der Waals surface area contributed by atoms with Crippen LogP contribution in [0.2, 0.25) is 0 Å². The molecule has 0 radical (unpaired) electrons. The number of hydrogen-bond donors (Lipinski definition) is 0. The number of alkyl halides is 1. The molecule has 0 aromatic rings. The van der Waals surface area contributed by atoms with E-state index in [9.17, 15) is 0 Å². The maximum Gasteiger partial charge on any atom is 0.515 e. The van der Waals surface area contributed by atoms with Gasteiger partial charge in [-0.15, -0.1) is 0 Å². The van der Waals surface area contributed by atoms with Crippen molar-refractivity contribution in [3.63, 3.8) is 0 Å². The zero-order valence-corrected chi connectivity index (χ0v) is 13.5. The van der Waals surface area contributed by atoms with Gasteiger partial charge in [0.15, 0.2) is 0 Å². The third-order valence-corrected chi connectivity index (χ3v) is 6.49. The van der Waals surface area contributed by atoms with E-state index < -0.39 is 8.80 Å². The molecule has 98 valence electrons. The van der Waals surface area contributed by atoms with Gasteiger partial charge in [0.1, 0.15) is 0 Å². The average molecular weight is 313 g/mol. The highest BCUT2D eigenvalue weighted by atomic mass is 79.9. The van der Waals surface area contributed by atoms with Gasteiger partial charge in [0.2, 0.25) is 0 Å². The van der Waals surface area contributed by atoms with Gasteiger partial charge in [-0.3, -0.25) is 0 Å². The molecule has 0 amide bonds. The van der Waals surface area contributed by atoms with Crippen LogP contribution in [0, 0.1) is 0 Å². The zero-order chi connectivity index (χ0) is 12.4. The van der Waals surface area contributed by atoms with E-state index in [1.165, 1.54) is 0 Å². The van der Waals surface area contributed by atoms with Crippen LogP contribution in [0.3, 0.4) is 0 Å². The Morgan fingerprint density at radius 1 is 0.875 bits per heavy atom. The Hall–Kier alpha value is 0.577. The van der Waals surface area contributed by atoms with Crippen LogP contribution in [-0.4, -0.2) is 33.1 Å². The molecule has 0 aromatic carbocycles. The van der Waals surface area contributed by atoms with Crippen molar-refractivity contribution in [2.45, 2.75) is 51.4 Å². The summed E-state index contributed by atoms with van der Waals surface area (Å²) in [4.78, 5) is 0. The molecule has 5 heteroatoms. The molecule has 1 unspecified atom stereocenters. The predicted octanol–water partition coefficient (Wildman–Crippen LogP) is 3.53. The molecule has 0 heterocycles. The summed E-state index contributed by atoms with van der Waals surface area (Å²) >= 11 is 3.58. The van der Waals surface area contributed by atoms with Crippen LogP contribution < -0.4 is 0 Å². The van der Waals surface area contributed by atoms with Crippen LogP contribution in [0.15, 0.2) is 0 Å². The summed E-state index contributed by atoms with van der Waals surface area (Å²) in [5.74, 6) is 0. The third-order valence-electron chi connectivity index (χ3n) is 2.01. The van der Waals surface area contributed by atoms with E-state index in [1.807, 2.05) is 6.92 Å². The first-order chi connectivity index (χ1) is 7.63. The van der Waals surface area contributed by atoms with Crippen molar-refractivity contribution in [2.24, 2.45) is 0 Å². The van der Waals surface area contributed by atoms with Crippen molar-refractivity contribution in [1.82, 2.24) is 0 Å². The molecule has 0 aliphatic heterocycles. The molecular formula is C11H25BrO3Si. The second-order valence-corrected chi connectivity index (χ2v) is 8.92. The van der Waals surface area contributed by atoms with Crippen molar-refractivity contribution >= 4 is 24.7 Å². The maximum absolute atomic E-state index is 5.89. The molecule has 0 aromatic heterocycles. The minimum Gasteiger partial charge on any atom is -0.373 e. The molecule has 0 bridgehead atoms. The minimum absolute atomic E-state index is 0.143. The van der Waals surface area contributed by atoms with Crippen molar-refractivity contribution in [2.75, 3.05) is 19.8 Å². The summed E-state index contributed by atoms with van der Waals surface area (Å²) in [6.45, 7) is 10.4. The van der Waals surface area contributed by atoms with E-state index in [0.29, 0.717) is 19.8 Å². The summed E-state index contributed by atoms with van der Waals surface area (Å²) in [6, 6.07) is 0. The first-order valence-electron chi connectivity index (χ1n) is 6.18. The van der Waals surface area contributed by atoms with Gasteiger partial charge in [-0.2, -0.15) is 0 Å². The largest absolute Gasteiger partial charge is 0.515 e. The summed E-state index contributed by atoms with van der Waals surface area (Å²) in [5.41, 5.74) is 0. The van der Waals surface area contributed by atoms with Crippen molar-refractivity contribution in [1.29, 1.82) is 0 Å². The van der Waals surface area contributed by atoms with Crippen LogP contribution in [0.4, 0.5) is 0 Å². The highest BCUT2D eigenvalue weighted by molar-refractivity contribution is 9.10. The van der Waals surface area contributed by atoms with Gasteiger partial charge in [0, 0.05) is 19.8 Å². The predicted molar refractivity (Wildman–Crippen MR) is 72.9 cm³/mol. The highest BCUT2D eigenvalue weighted by Crippen LogP contribution is 2.22. The molecule has 0 rings (SSSR count). The fraction of sp³-hybridized carbons (Fsp3) is 1.00. The van der Waals surface area contributed by atoms with Gasteiger partial charge in [0.25, 0.3) is 0 Å². The van der Waals surface area contributed by atoms with Gasteiger partial charge >= 0.3 is 8.80 Å². The standard InChI is InChI=1S/C11H25BrO3Si/c1-5-8-13-16(11(4)12,14-9-6-2)15-10-7-3/h11H,5-10H2,1-4H3. The Kier molecular flexibility index (Phi) is 9.94. The first-order valence-corrected chi connectivity index (χ1v) is 8.90. The summed E-state index contributed by atoms with van der Waals surface area (Å²) < 4.78 is 17.8. The van der Waals surface area contributed by atoms with Gasteiger partial charge in [-0.25, -0.2) is 0 Å². The molecule has 16 heavy (non-hydrogen) atoms. The van der Waals surface area contributed by atoms with E-state index in [4.69, 9.17) is 13.3 Å². The van der Waals surface area contributed by atoms with E-state index >= 15 is 0 Å². The number of rotatable bonds is 10. The molecule has 3 nitrogen and oxygen atoms in total. The van der Waals surface area contributed by atoms with Crippen molar-refractivity contribution in [3.8, 4) is 0 Å². The average Bonchev–Trinajstić information content (AvgIpc) is 2.28. The number of hydrogen-bond acceptors (Lipinski definition) is 3. The normalized spacial score (nSPS) is 14.1. The van der Waals surface area contributed by atoms with Crippen molar-refractivity contribution in [3.05, 3.63) is 0 Å². The number of halogens is 1. The lowest BCUT2D eigenvalue weighted by molar-refractivity contribution is 0.0592. The molecule has 0 fully saturated rings. The first kappa shape index (κ1) is 16.6. The minimum atomic E-state index is -2.52. The summed E-state index contributed by atoms with van der Waals surface area (Å²) in [6.07, 6.45) is 2.96. The Bertz CT molecular complexity index is 146. The lowest BCUT2D eigenvalue weighted by atomic mass is 10.5. The maximum atomic E-state index is 5.89. The van der Waals surface area contributed by atoms with Gasteiger partial charge < -0.3 is 13.3 Å². The van der Waals surface area contributed by atoms with Crippen LogP contribution in [0.1, 0.15) is 47.0 Å². The van der Waals surface area contributed by atoms with Gasteiger partial charge in [-0.1, -0.05) is 36.7 Å². The highest BCUT2D eigenvalue weighted by Gasteiger charge is 2.46. The molecule has 0 spiro atoms. The molecule has 0 aliphatic carbocycles. The van der Waals surface area contributed by atoms with Crippen LogP contribution in [0.25, 0.3) is 0 Å². The van der Waals surface area contributed by atoms with E-state index in [1.54, 1.807) is 0 Å². The molecule has 0 aliphatic rings. The smallest absolute Gasteiger partial charge is 0.373 e. The fourth-order valence-corrected chi connectivity index (χ4v) is 4.80. The second kappa shape index (κ2) is 9.59. The van der Waals surface area contributed by atoms with Gasteiger partial charge in [0.05, 0.1) is 4.45 Å². The SMILES string of the molecule is CCCO[Si](OCCC)(OCCC)C(C)Br. The Balaban J connectivity index is 4.46. The summed E-state index contributed by atoms with van der Waals surface area (Å²) in [7, 11) is -2.52. The molecule has 0 saturated heterocycles. The molecular weight excluding hydrogens is 288 g/mol. The molecule has 0 saturated carbocycles. The van der Waals surface area contributed by atoms with E-state index in [0.717, 1.165) is 19.3 Å². The Labute approximate surface area is 109 Å².